The average molecular weight is 413 g/mol. The summed E-state index contributed by atoms with van der Waals surface area (Å²) in [4.78, 5) is 26.5. The number of nitrogens with zero attached hydrogens (tertiary/aromatic N) is 3. The predicted octanol–water partition coefficient (Wildman–Crippen LogP) is 1.92. The van der Waals surface area contributed by atoms with Gasteiger partial charge in [0.15, 0.2) is 0 Å². The van der Waals surface area contributed by atoms with E-state index in [1.807, 2.05) is 30.3 Å². The molecule has 7 nitrogen and oxygen atoms in total. The molecule has 3 aromatic rings. The molecule has 0 radical (unpaired) electrons. The molecule has 9 heteroatoms. The summed E-state index contributed by atoms with van der Waals surface area (Å²) in [5.41, 5.74) is 8.17. The Hall–Kier alpha value is -3.04. The number of thiophene rings is 1. The molecule has 0 atom stereocenters. The quantitative estimate of drug-likeness (QED) is 0.646. The Morgan fingerprint density at radius 2 is 2.17 bits per heavy atom. The largest absolute Gasteiger partial charge is 0.352 e. The maximum Gasteiger partial charge on any atom is 0.346 e. The molecular formula is C20H20FN5O2S. The molecule has 0 spiro atoms. The van der Waals surface area contributed by atoms with Crippen molar-refractivity contribution >= 4 is 17.2 Å². The van der Waals surface area contributed by atoms with Crippen LogP contribution in [-0.2, 0) is 19.5 Å². The highest BCUT2D eigenvalue weighted by molar-refractivity contribution is 7.15. The van der Waals surface area contributed by atoms with Gasteiger partial charge in [-0.05, 0) is 41.3 Å². The van der Waals surface area contributed by atoms with Crippen molar-refractivity contribution in [3.63, 3.8) is 0 Å². The van der Waals surface area contributed by atoms with Crippen molar-refractivity contribution in [2.75, 3.05) is 13.1 Å². The number of nitrogens with two attached hydrogens (primary N) is 1. The number of carbonyl (C=O) groups excluding carboxylic acids is 1. The lowest BCUT2D eigenvalue weighted by molar-refractivity contribution is 0.0946. The number of amides is 1. The first kappa shape index (κ1) is 19.3. The minimum absolute atomic E-state index is 0.0306. The lowest BCUT2D eigenvalue weighted by atomic mass is 9.97. The fourth-order valence-corrected chi connectivity index (χ4v) is 4.28. The molecular weight excluding hydrogens is 393 g/mol. The molecule has 29 heavy (non-hydrogen) atoms. The Morgan fingerprint density at radius 1 is 1.31 bits per heavy atom. The van der Waals surface area contributed by atoms with Gasteiger partial charge in [0.2, 0.25) is 0 Å². The zero-order chi connectivity index (χ0) is 20.4. The molecule has 0 unspecified atom stereocenters. The highest BCUT2D eigenvalue weighted by atomic mass is 32.1. The van der Waals surface area contributed by atoms with Gasteiger partial charge in [0.05, 0.1) is 19.4 Å². The van der Waals surface area contributed by atoms with Gasteiger partial charge in [0.1, 0.15) is 6.33 Å². The Kier molecular flexibility index (Phi) is 5.41. The Morgan fingerprint density at radius 3 is 2.97 bits per heavy atom. The number of aromatic nitrogens is 3. The summed E-state index contributed by atoms with van der Waals surface area (Å²) in [7, 11) is 0. The Bertz CT molecular complexity index is 1140. The van der Waals surface area contributed by atoms with Crippen LogP contribution in [0.1, 0.15) is 20.8 Å². The van der Waals surface area contributed by atoms with Crippen LogP contribution < -0.4 is 16.7 Å². The smallest absolute Gasteiger partial charge is 0.346 e. The predicted molar refractivity (Wildman–Crippen MR) is 110 cm³/mol. The van der Waals surface area contributed by atoms with E-state index in [0.717, 1.165) is 32.9 Å². The normalized spacial score (nSPS) is 14.0. The molecule has 1 amide bonds. The summed E-state index contributed by atoms with van der Waals surface area (Å²) < 4.78 is 15.4. The van der Waals surface area contributed by atoms with Crippen molar-refractivity contribution in [3.8, 4) is 10.4 Å². The van der Waals surface area contributed by atoms with Crippen LogP contribution in [0.25, 0.3) is 10.4 Å². The molecule has 3 heterocycles. The van der Waals surface area contributed by atoms with Crippen LogP contribution in [0.15, 0.2) is 53.4 Å². The van der Waals surface area contributed by atoms with Gasteiger partial charge in [0.25, 0.3) is 5.91 Å². The van der Waals surface area contributed by atoms with Gasteiger partial charge < -0.3 is 11.1 Å². The molecule has 0 fully saturated rings. The van der Waals surface area contributed by atoms with Gasteiger partial charge in [-0.2, -0.15) is 5.10 Å². The van der Waals surface area contributed by atoms with Crippen LogP contribution in [0.4, 0.5) is 4.39 Å². The lowest BCUT2D eigenvalue weighted by Crippen LogP contribution is -2.31. The van der Waals surface area contributed by atoms with Gasteiger partial charge in [-0.3, -0.25) is 9.36 Å². The fraction of sp³-hybridized carbons (Fsp3) is 0.250. The Labute approximate surface area is 170 Å². The van der Waals surface area contributed by atoms with E-state index in [2.05, 4.69) is 10.4 Å². The second-order valence-electron chi connectivity index (χ2n) is 6.81. The van der Waals surface area contributed by atoms with Crippen LogP contribution in [-0.4, -0.2) is 33.3 Å². The monoisotopic (exact) mass is 413 g/mol. The van der Waals surface area contributed by atoms with Crippen molar-refractivity contribution < 1.29 is 9.18 Å². The first-order valence-electron chi connectivity index (χ1n) is 9.19. The van der Waals surface area contributed by atoms with Crippen LogP contribution in [0.3, 0.4) is 0 Å². The van der Waals surface area contributed by atoms with E-state index in [4.69, 9.17) is 5.73 Å². The van der Waals surface area contributed by atoms with E-state index < -0.39 is 0 Å². The van der Waals surface area contributed by atoms with E-state index in [1.54, 1.807) is 11.3 Å². The van der Waals surface area contributed by atoms with Crippen molar-refractivity contribution in [3.05, 3.63) is 75.1 Å². The molecule has 0 bridgehead atoms. The van der Waals surface area contributed by atoms with E-state index in [-0.39, 0.29) is 24.7 Å². The maximum atomic E-state index is 12.7. The summed E-state index contributed by atoms with van der Waals surface area (Å²) in [5.74, 6) is -0.0389. The number of fused-ring (bicyclic) bond motifs is 1. The molecule has 1 aliphatic heterocycles. The molecule has 2 aromatic heterocycles. The molecule has 0 aliphatic carbocycles. The zero-order valence-electron chi connectivity index (χ0n) is 15.6. The minimum Gasteiger partial charge on any atom is -0.352 e. The number of benzene rings is 1. The first-order chi connectivity index (χ1) is 14.1. The fourth-order valence-electron chi connectivity index (χ4n) is 3.28. The summed E-state index contributed by atoms with van der Waals surface area (Å²) in [5, 5.41) is 6.90. The molecule has 3 N–H and O–H groups in total. The highest BCUT2D eigenvalue weighted by Crippen LogP contribution is 2.30. The standard InChI is InChI=1S/C20H20FN5O2S/c21-8-13(9-22)10-26-20(28)25(12-24-26)11-16-3-4-18(29-16)15-2-1-14-5-6-23-19(27)17(14)7-15/h1-4,7-8,12H,5-6,9-11,22H2,(H,23,27)/b13-8+. The van der Waals surface area contributed by atoms with Crippen molar-refractivity contribution in [1.29, 1.82) is 0 Å². The topological polar surface area (TPSA) is 94.9 Å². The third kappa shape index (κ3) is 3.92. The first-order valence-corrected chi connectivity index (χ1v) is 10.0. The summed E-state index contributed by atoms with van der Waals surface area (Å²) in [6.45, 7) is 1.10. The van der Waals surface area contributed by atoms with E-state index in [1.165, 1.54) is 15.6 Å². The number of hydrogen-bond acceptors (Lipinski definition) is 5. The Balaban J connectivity index is 1.54. The van der Waals surface area contributed by atoms with Gasteiger partial charge in [-0.25, -0.2) is 13.9 Å². The second-order valence-corrected chi connectivity index (χ2v) is 7.98. The van der Waals surface area contributed by atoms with Crippen LogP contribution >= 0.6 is 11.3 Å². The average Bonchev–Trinajstić information content (AvgIpc) is 3.34. The summed E-state index contributed by atoms with van der Waals surface area (Å²) >= 11 is 1.55. The van der Waals surface area contributed by atoms with Crippen LogP contribution in [0.2, 0.25) is 0 Å². The molecule has 150 valence electrons. The maximum absolute atomic E-state index is 12.7. The van der Waals surface area contributed by atoms with Gasteiger partial charge in [-0.15, -0.1) is 11.3 Å². The van der Waals surface area contributed by atoms with Crippen molar-refractivity contribution in [2.24, 2.45) is 5.73 Å². The molecule has 4 rings (SSSR count). The second kappa shape index (κ2) is 8.14. The highest BCUT2D eigenvalue weighted by Gasteiger charge is 2.17. The number of carbonyl (C=O) groups is 1. The van der Waals surface area contributed by atoms with E-state index in [9.17, 15) is 14.0 Å². The number of rotatable bonds is 6. The van der Waals surface area contributed by atoms with Gasteiger partial charge in [0, 0.05) is 28.4 Å². The van der Waals surface area contributed by atoms with Crippen molar-refractivity contribution in [2.45, 2.75) is 19.5 Å². The SMILES string of the molecule is NC/C(=C\F)Cn1ncn(Cc2ccc(-c3ccc4c(c3)C(=O)NCC4)s2)c1=O. The molecule has 0 saturated heterocycles. The number of nitrogens with one attached hydrogen (secondary N) is 1. The third-order valence-electron chi connectivity index (χ3n) is 4.87. The molecule has 1 aromatic carbocycles. The molecule has 0 saturated carbocycles. The summed E-state index contributed by atoms with van der Waals surface area (Å²) in [6.07, 6.45) is 2.70. The van der Waals surface area contributed by atoms with Crippen molar-refractivity contribution in [1.82, 2.24) is 19.7 Å². The third-order valence-corrected chi connectivity index (χ3v) is 5.99. The lowest BCUT2D eigenvalue weighted by Gasteiger charge is -2.16. The zero-order valence-corrected chi connectivity index (χ0v) is 16.4. The van der Waals surface area contributed by atoms with Crippen LogP contribution in [0, 0.1) is 0 Å². The van der Waals surface area contributed by atoms with E-state index in [0.29, 0.717) is 25.0 Å². The number of halogens is 1. The van der Waals surface area contributed by atoms with Gasteiger partial charge >= 0.3 is 5.69 Å². The number of hydrogen-bond donors (Lipinski definition) is 2. The van der Waals surface area contributed by atoms with Crippen LogP contribution in [0.5, 0.6) is 0 Å². The molecule has 1 aliphatic rings. The minimum atomic E-state index is -0.321. The summed E-state index contributed by atoms with van der Waals surface area (Å²) in [6, 6.07) is 9.88. The van der Waals surface area contributed by atoms with Gasteiger partial charge in [-0.1, -0.05) is 12.1 Å². The van der Waals surface area contributed by atoms with E-state index >= 15 is 0 Å².